The van der Waals surface area contributed by atoms with Gasteiger partial charge in [-0.2, -0.15) is 0 Å². The average Bonchev–Trinajstić information content (AvgIpc) is 2.91. The molecule has 3 atom stereocenters. The lowest BCUT2D eigenvalue weighted by Crippen LogP contribution is -2.39. The quantitative estimate of drug-likeness (QED) is 0.850. The van der Waals surface area contributed by atoms with Crippen LogP contribution in [0.3, 0.4) is 0 Å². The first kappa shape index (κ1) is 11.7. The van der Waals surface area contributed by atoms with Gasteiger partial charge >= 0.3 is 0 Å². The summed E-state index contributed by atoms with van der Waals surface area (Å²) in [6.07, 6.45) is 3.99. The number of nitrogens with zero attached hydrogens (tertiary/aromatic N) is 1. The van der Waals surface area contributed by atoms with E-state index >= 15 is 0 Å². The highest BCUT2D eigenvalue weighted by Crippen LogP contribution is 2.30. The van der Waals surface area contributed by atoms with Crippen LogP contribution in [0.4, 0.5) is 0 Å². The topological polar surface area (TPSA) is 42.4 Å². The molecule has 3 heteroatoms. The van der Waals surface area contributed by atoms with Crippen molar-refractivity contribution in [2.75, 3.05) is 13.1 Å². The van der Waals surface area contributed by atoms with Crippen LogP contribution in [-0.2, 0) is 0 Å². The molecule has 0 aromatic carbocycles. The number of nitrogens with two attached hydrogens (primary N) is 1. The molecule has 0 radical (unpaired) electrons. The number of hydrogen-bond acceptors (Lipinski definition) is 3. The lowest BCUT2D eigenvalue weighted by molar-refractivity contribution is 0.177. The highest BCUT2D eigenvalue weighted by Gasteiger charge is 2.32. The molecule has 1 aromatic heterocycles. The zero-order valence-electron chi connectivity index (χ0n) is 10.2. The van der Waals surface area contributed by atoms with Crippen LogP contribution in [-0.4, -0.2) is 24.0 Å². The summed E-state index contributed by atoms with van der Waals surface area (Å²) in [5, 5.41) is 0. The molecule has 1 fully saturated rings. The molecule has 0 aliphatic carbocycles. The molecular weight excluding hydrogens is 200 g/mol. The fraction of sp³-hybridized carbons (Fsp3) is 0.692. The number of hydrogen-bond donors (Lipinski definition) is 1. The van der Waals surface area contributed by atoms with Gasteiger partial charge in [-0.3, -0.25) is 4.90 Å². The standard InChI is InChI=1S/C13H22N2O/c1-3-11(14)13(12-5-4-8-16-12)15-7-6-10(2)9-15/h4-5,8,10-11,13H,3,6-7,9,14H2,1-2H3. The zero-order chi connectivity index (χ0) is 11.5. The zero-order valence-corrected chi connectivity index (χ0v) is 10.2. The van der Waals surface area contributed by atoms with Crippen molar-refractivity contribution in [1.82, 2.24) is 4.90 Å². The fourth-order valence-corrected chi connectivity index (χ4v) is 2.57. The molecule has 2 heterocycles. The van der Waals surface area contributed by atoms with Gasteiger partial charge in [0.2, 0.25) is 0 Å². The van der Waals surface area contributed by atoms with E-state index in [-0.39, 0.29) is 12.1 Å². The summed E-state index contributed by atoms with van der Waals surface area (Å²) in [6, 6.07) is 4.41. The summed E-state index contributed by atoms with van der Waals surface area (Å²) in [5.41, 5.74) is 6.23. The Kier molecular flexibility index (Phi) is 3.66. The maximum Gasteiger partial charge on any atom is 0.122 e. The minimum absolute atomic E-state index is 0.163. The summed E-state index contributed by atoms with van der Waals surface area (Å²) in [7, 11) is 0. The summed E-state index contributed by atoms with van der Waals surface area (Å²) < 4.78 is 5.54. The highest BCUT2D eigenvalue weighted by molar-refractivity contribution is 5.08. The van der Waals surface area contributed by atoms with Crippen molar-refractivity contribution in [3.05, 3.63) is 24.2 Å². The van der Waals surface area contributed by atoms with E-state index in [9.17, 15) is 0 Å². The monoisotopic (exact) mass is 222 g/mol. The Balaban J connectivity index is 2.15. The minimum atomic E-state index is 0.163. The van der Waals surface area contributed by atoms with E-state index in [0.717, 1.165) is 31.2 Å². The summed E-state index contributed by atoms with van der Waals surface area (Å²) in [4.78, 5) is 2.47. The molecule has 3 unspecified atom stereocenters. The van der Waals surface area contributed by atoms with Gasteiger partial charge in [0.1, 0.15) is 5.76 Å². The molecule has 2 rings (SSSR count). The average molecular weight is 222 g/mol. The minimum Gasteiger partial charge on any atom is -0.468 e. The van der Waals surface area contributed by atoms with Gasteiger partial charge < -0.3 is 10.2 Å². The number of furan rings is 1. The van der Waals surface area contributed by atoms with Crippen LogP contribution in [0.5, 0.6) is 0 Å². The van der Waals surface area contributed by atoms with Gasteiger partial charge in [-0.25, -0.2) is 0 Å². The lowest BCUT2D eigenvalue weighted by atomic mass is 10.0. The van der Waals surface area contributed by atoms with Crippen molar-refractivity contribution < 1.29 is 4.42 Å². The van der Waals surface area contributed by atoms with Gasteiger partial charge in [0.25, 0.3) is 0 Å². The maximum atomic E-state index is 6.23. The second-order valence-electron chi connectivity index (χ2n) is 4.92. The molecule has 0 spiro atoms. The predicted octanol–water partition coefficient (Wildman–Crippen LogP) is 2.40. The van der Waals surface area contributed by atoms with Crippen molar-refractivity contribution in [2.45, 2.75) is 38.8 Å². The summed E-state index contributed by atoms with van der Waals surface area (Å²) in [5.74, 6) is 1.80. The number of rotatable bonds is 4. The molecule has 1 aliphatic rings. The van der Waals surface area contributed by atoms with E-state index < -0.39 is 0 Å². The largest absolute Gasteiger partial charge is 0.468 e. The molecule has 16 heavy (non-hydrogen) atoms. The van der Waals surface area contributed by atoms with Crippen LogP contribution in [0.15, 0.2) is 22.8 Å². The molecule has 90 valence electrons. The van der Waals surface area contributed by atoms with Crippen LogP contribution in [0.1, 0.15) is 38.5 Å². The van der Waals surface area contributed by atoms with Crippen molar-refractivity contribution >= 4 is 0 Å². The van der Waals surface area contributed by atoms with Gasteiger partial charge in [0.15, 0.2) is 0 Å². The summed E-state index contributed by atoms with van der Waals surface area (Å²) >= 11 is 0. The first-order valence-electron chi connectivity index (χ1n) is 6.25. The van der Waals surface area contributed by atoms with Gasteiger partial charge in [-0.05, 0) is 37.4 Å². The molecule has 0 bridgehead atoms. The van der Waals surface area contributed by atoms with Gasteiger partial charge in [-0.15, -0.1) is 0 Å². The molecule has 1 saturated heterocycles. The van der Waals surface area contributed by atoms with Gasteiger partial charge in [0, 0.05) is 12.6 Å². The first-order chi connectivity index (χ1) is 7.72. The second-order valence-corrected chi connectivity index (χ2v) is 4.92. The fourth-order valence-electron chi connectivity index (χ4n) is 2.57. The lowest BCUT2D eigenvalue weighted by Gasteiger charge is -2.30. The third-order valence-corrected chi connectivity index (χ3v) is 3.56. The van der Waals surface area contributed by atoms with Crippen LogP contribution in [0.2, 0.25) is 0 Å². The van der Waals surface area contributed by atoms with Crippen molar-refractivity contribution in [3.63, 3.8) is 0 Å². The second kappa shape index (κ2) is 5.02. The predicted molar refractivity (Wildman–Crippen MR) is 65.1 cm³/mol. The van der Waals surface area contributed by atoms with Crippen molar-refractivity contribution in [3.8, 4) is 0 Å². The van der Waals surface area contributed by atoms with Crippen molar-refractivity contribution in [1.29, 1.82) is 0 Å². The SMILES string of the molecule is CCC(N)C(c1ccco1)N1CCC(C)C1. The molecule has 0 amide bonds. The van der Waals surface area contributed by atoms with E-state index in [0.29, 0.717) is 0 Å². The Morgan fingerprint density at radius 3 is 2.94 bits per heavy atom. The van der Waals surface area contributed by atoms with E-state index in [1.807, 2.05) is 12.1 Å². The van der Waals surface area contributed by atoms with Crippen LogP contribution >= 0.6 is 0 Å². The van der Waals surface area contributed by atoms with Crippen LogP contribution in [0, 0.1) is 5.92 Å². The molecule has 1 aliphatic heterocycles. The van der Waals surface area contributed by atoms with Crippen LogP contribution in [0.25, 0.3) is 0 Å². The van der Waals surface area contributed by atoms with E-state index in [4.69, 9.17) is 10.2 Å². The van der Waals surface area contributed by atoms with Gasteiger partial charge in [-0.1, -0.05) is 13.8 Å². The Bertz CT molecular complexity index is 310. The Labute approximate surface area is 97.6 Å². The Morgan fingerprint density at radius 1 is 1.62 bits per heavy atom. The normalized spacial score (nSPS) is 25.8. The smallest absolute Gasteiger partial charge is 0.122 e. The summed E-state index contributed by atoms with van der Waals surface area (Å²) in [6.45, 7) is 6.72. The molecule has 0 saturated carbocycles. The first-order valence-corrected chi connectivity index (χ1v) is 6.25. The highest BCUT2D eigenvalue weighted by atomic mass is 16.3. The molecule has 3 nitrogen and oxygen atoms in total. The van der Waals surface area contributed by atoms with Gasteiger partial charge in [0.05, 0.1) is 12.3 Å². The maximum absolute atomic E-state index is 6.23. The third-order valence-electron chi connectivity index (χ3n) is 3.56. The van der Waals surface area contributed by atoms with Crippen molar-refractivity contribution in [2.24, 2.45) is 11.7 Å². The molecular formula is C13H22N2O. The number of likely N-dealkylation sites (tertiary alicyclic amines) is 1. The van der Waals surface area contributed by atoms with E-state index in [2.05, 4.69) is 18.7 Å². The molecule has 1 aromatic rings. The van der Waals surface area contributed by atoms with E-state index in [1.165, 1.54) is 6.42 Å². The Hall–Kier alpha value is -0.800. The Morgan fingerprint density at radius 2 is 2.44 bits per heavy atom. The van der Waals surface area contributed by atoms with E-state index in [1.54, 1.807) is 6.26 Å². The third kappa shape index (κ3) is 2.30. The molecule has 2 N–H and O–H groups in total. The van der Waals surface area contributed by atoms with Crippen LogP contribution < -0.4 is 5.73 Å².